The molecule has 72 valence electrons. The molecule has 0 aliphatic carbocycles. The van der Waals surface area contributed by atoms with Crippen molar-refractivity contribution in [1.29, 1.82) is 0 Å². The number of methoxy groups -OCH3 is 1. The van der Waals surface area contributed by atoms with Crippen LogP contribution in [0.15, 0.2) is 0 Å². The molecule has 0 aromatic carbocycles. The summed E-state index contributed by atoms with van der Waals surface area (Å²) in [5.41, 5.74) is 0. The Kier molecular flexibility index (Phi) is 6.76. The zero-order valence-electron chi connectivity index (χ0n) is 8.13. The van der Waals surface area contributed by atoms with E-state index in [1.165, 1.54) is 0 Å². The van der Waals surface area contributed by atoms with Gasteiger partial charge in [0.05, 0.1) is 19.1 Å². The highest BCUT2D eigenvalue weighted by molar-refractivity contribution is 5.69. The maximum absolute atomic E-state index is 11.0. The molecule has 0 heterocycles. The van der Waals surface area contributed by atoms with Gasteiger partial charge in [-0.1, -0.05) is 13.3 Å². The smallest absolute Gasteiger partial charge is 0.308 e. The molecule has 3 heteroatoms. The minimum Gasteiger partial charge on any atom is -0.466 e. The molecule has 0 aliphatic rings. The molecule has 0 N–H and O–H groups in total. The van der Waals surface area contributed by atoms with Gasteiger partial charge in [-0.15, -0.1) is 0 Å². The van der Waals surface area contributed by atoms with Crippen LogP contribution in [0.2, 0.25) is 0 Å². The Morgan fingerprint density at radius 1 is 1.42 bits per heavy atom. The molecule has 1 unspecified atom stereocenters. The highest BCUT2D eigenvalue weighted by atomic mass is 16.5. The molecule has 0 radical (unpaired) electrons. The zero-order valence-corrected chi connectivity index (χ0v) is 8.13. The second kappa shape index (κ2) is 7.10. The summed E-state index contributed by atoms with van der Waals surface area (Å²) < 4.78 is 9.91. The molecule has 0 aromatic rings. The van der Waals surface area contributed by atoms with E-state index < -0.39 is 0 Å². The average molecular weight is 174 g/mol. The molecule has 0 amide bonds. The van der Waals surface area contributed by atoms with Crippen molar-refractivity contribution in [1.82, 2.24) is 0 Å². The lowest BCUT2D eigenvalue weighted by atomic mass is 10.1. The molecule has 12 heavy (non-hydrogen) atoms. The third-order valence-electron chi connectivity index (χ3n) is 1.64. The van der Waals surface area contributed by atoms with Gasteiger partial charge in [0, 0.05) is 7.11 Å². The van der Waals surface area contributed by atoms with Crippen LogP contribution < -0.4 is 0 Å². The van der Waals surface area contributed by atoms with E-state index in [-0.39, 0.29) is 12.1 Å². The summed E-state index contributed by atoms with van der Waals surface area (Å²) in [5.74, 6) is -0.169. The second-order valence-corrected chi connectivity index (χ2v) is 2.66. The summed E-state index contributed by atoms with van der Waals surface area (Å²) in [6, 6.07) is 0. The molecule has 1 atom stereocenters. The highest BCUT2D eigenvalue weighted by Gasteiger charge is 2.12. The minimum absolute atomic E-state index is 0.0223. The van der Waals surface area contributed by atoms with Gasteiger partial charge in [-0.05, 0) is 13.3 Å². The Morgan fingerprint density at radius 2 is 2.08 bits per heavy atom. The SMILES string of the molecule is CCCC(CC(=O)OCC)OC. The lowest BCUT2D eigenvalue weighted by Gasteiger charge is -2.12. The Balaban J connectivity index is 3.61. The number of carbonyl (C=O) groups excluding carboxylic acids is 1. The van der Waals surface area contributed by atoms with Crippen LogP contribution in [-0.2, 0) is 14.3 Å². The number of hydrogen-bond acceptors (Lipinski definition) is 3. The van der Waals surface area contributed by atoms with Gasteiger partial charge in [0.2, 0.25) is 0 Å². The Morgan fingerprint density at radius 3 is 2.50 bits per heavy atom. The first kappa shape index (κ1) is 11.4. The lowest BCUT2D eigenvalue weighted by Crippen LogP contribution is -2.17. The molecule has 0 rings (SSSR count). The summed E-state index contributed by atoms with van der Waals surface area (Å²) in [7, 11) is 1.62. The molecule has 0 saturated carbocycles. The molecule has 0 spiro atoms. The molecule has 0 aliphatic heterocycles. The van der Waals surface area contributed by atoms with Crippen molar-refractivity contribution in [3.05, 3.63) is 0 Å². The van der Waals surface area contributed by atoms with Gasteiger partial charge in [0.1, 0.15) is 0 Å². The van der Waals surface area contributed by atoms with Gasteiger partial charge in [-0.25, -0.2) is 0 Å². The summed E-state index contributed by atoms with van der Waals surface area (Å²) in [5, 5.41) is 0. The first-order valence-corrected chi connectivity index (χ1v) is 4.43. The van der Waals surface area contributed by atoms with E-state index in [9.17, 15) is 4.79 Å². The minimum atomic E-state index is -0.169. The van der Waals surface area contributed by atoms with Crippen molar-refractivity contribution in [2.75, 3.05) is 13.7 Å². The number of esters is 1. The largest absolute Gasteiger partial charge is 0.466 e. The van der Waals surface area contributed by atoms with Crippen molar-refractivity contribution in [2.24, 2.45) is 0 Å². The van der Waals surface area contributed by atoms with E-state index in [4.69, 9.17) is 9.47 Å². The van der Waals surface area contributed by atoms with Crippen LogP contribution in [0.5, 0.6) is 0 Å². The number of carbonyl (C=O) groups is 1. The fourth-order valence-electron chi connectivity index (χ4n) is 1.03. The fourth-order valence-corrected chi connectivity index (χ4v) is 1.03. The quantitative estimate of drug-likeness (QED) is 0.575. The van der Waals surface area contributed by atoms with Gasteiger partial charge in [-0.3, -0.25) is 4.79 Å². The molecule has 3 nitrogen and oxygen atoms in total. The molecule has 0 bridgehead atoms. The van der Waals surface area contributed by atoms with E-state index >= 15 is 0 Å². The predicted molar refractivity (Wildman–Crippen MR) is 47.0 cm³/mol. The predicted octanol–water partition coefficient (Wildman–Crippen LogP) is 1.75. The van der Waals surface area contributed by atoms with Gasteiger partial charge in [-0.2, -0.15) is 0 Å². The van der Waals surface area contributed by atoms with E-state index in [2.05, 4.69) is 6.92 Å². The first-order valence-electron chi connectivity index (χ1n) is 4.43. The van der Waals surface area contributed by atoms with Gasteiger partial charge in [0.25, 0.3) is 0 Å². The van der Waals surface area contributed by atoms with Crippen LogP contribution in [0.1, 0.15) is 33.1 Å². The zero-order chi connectivity index (χ0) is 9.40. The van der Waals surface area contributed by atoms with Crippen LogP contribution in [0.4, 0.5) is 0 Å². The third-order valence-corrected chi connectivity index (χ3v) is 1.64. The van der Waals surface area contributed by atoms with Crippen molar-refractivity contribution in [2.45, 2.75) is 39.2 Å². The maximum Gasteiger partial charge on any atom is 0.308 e. The molecular weight excluding hydrogens is 156 g/mol. The molecule has 0 fully saturated rings. The average Bonchev–Trinajstić information content (AvgIpc) is 2.04. The van der Waals surface area contributed by atoms with E-state index in [0.717, 1.165) is 12.8 Å². The molecule has 0 saturated heterocycles. The van der Waals surface area contributed by atoms with Crippen molar-refractivity contribution in [3.8, 4) is 0 Å². The molecular formula is C9H18O3. The van der Waals surface area contributed by atoms with Crippen LogP contribution >= 0.6 is 0 Å². The first-order chi connectivity index (χ1) is 5.74. The Bertz CT molecular complexity index is 123. The number of hydrogen-bond donors (Lipinski definition) is 0. The fraction of sp³-hybridized carbons (Fsp3) is 0.889. The number of ether oxygens (including phenoxy) is 2. The van der Waals surface area contributed by atoms with E-state index in [1.807, 2.05) is 0 Å². The second-order valence-electron chi connectivity index (χ2n) is 2.66. The Labute approximate surface area is 74.0 Å². The standard InChI is InChI=1S/C9H18O3/c1-4-6-8(11-3)7-9(10)12-5-2/h8H,4-7H2,1-3H3. The summed E-state index contributed by atoms with van der Waals surface area (Å²) in [4.78, 5) is 11.0. The lowest BCUT2D eigenvalue weighted by molar-refractivity contribution is -0.145. The van der Waals surface area contributed by atoms with Crippen LogP contribution in [-0.4, -0.2) is 25.8 Å². The van der Waals surface area contributed by atoms with Gasteiger partial charge >= 0.3 is 5.97 Å². The third kappa shape index (κ3) is 5.13. The van der Waals surface area contributed by atoms with Crippen molar-refractivity contribution in [3.63, 3.8) is 0 Å². The van der Waals surface area contributed by atoms with Crippen molar-refractivity contribution < 1.29 is 14.3 Å². The monoisotopic (exact) mass is 174 g/mol. The topological polar surface area (TPSA) is 35.5 Å². The summed E-state index contributed by atoms with van der Waals surface area (Å²) in [6.45, 7) is 4.32. The number of rotatable bonds is 6. The highest BCUT2D eigenvalue weighted by Crippen LogP contribution is 2.06. The normalized spacial score (nSPS) is 12.6. The molecule has 0 aromatic heterocycles. The van der Waals surface area contributed by atoms with Crippen LogP contribution in [0.25, 0.3) is 0 Å². The Hall–Kier alpha value is -0.570. The summed E-state index contributed by atoms with van der Waals surface area (Å²) >= 11 is 0. The van der Waals surface area contributed by atoms with Crippen LogP contribution in [0.3, 0.4) is 0 Å². The maximum atomic E-state index is 11.0. The van der Waals surface area contributed by atoms with Crippen LogP contribution in [0, 0.1) is 0 Å². The van der Waals surface area contributed by atoms with E-state index in [1.54, 1.807) is 14.0 Å². The van der Waals surface area contributed by atoms with Crippen molar-refractivity contribution >= 4 is 5.97 Å². The summed E-state index contributed by atoms with van der Waals surface area (Å²) in [6.07, 6.45) is 2.33. The van der Waals surface area contributed by atoms with Gasteiger partial charge < -0.3 is 9.47 Å². The van der Waals surface area contributed by atoms with Gasteiger partial charge in [0.15, 0.2) is 0 Å². The van der Waals surface area contributed by atoms with E-state index in [0.29, 0.717) is 13.0 Å².